The first-order chi connectivity index (χ1) is 13.6. The molecule has 1 aliphatic rings. The molecule has 0 unspecified atom stereocenters. The Bertz CT molecular complexity index is 1010. The number of aryl methyl sites for hydroxylation is 1. The number of nitrogens with one attached hydrogen (secondary N) is 1. The zero-order chi connectivity index (χ0) is 19.5. The van der Waals surface area contributed by atoms with Crippen molar-refractivity contribution in [3.05, 3.63) is 52.5 Å². The molecule has 3 aromatic rings. The van der Waals surface area contributed by atoms with Crippen LogP contribution in [-0.4, -0.2) is 33.0 Å². The third kappa shape index (κ3) is 3.58. The Kier molecular flexibility index (Phi) is 5.01. The van der Waals surface area contributed by atoms with Gasteiger partial charge < -0.3 is 10.2 Å². The maximum absolute atomic E-state index is 11.9. The molecular formula is C20H22N6O2. The molecule has 1 fully saturated rings. The molecule has 2 aromatic heterocycles. The van der Waals surface area contributed by atoms with Crippen molar-refractivity contribution in [3.8, 4) is 0 Å². The SMILES string of the molecule is Cc1ccc2c(Nc3ncnc(N4CCCCCC4)c3[N+](=O)[O-])cccc2n1. The first-order valence-electron chi connectivity index (χ1n) is 9.51. The standard InChI is InChI=1S/C20H22N6O2/c1-14-9-10-15-16(23-14)7-6-8-17(15)24-19-18(26(27)28)20(22-13-21-19)25-11-4-2-3-5-12-25/h6-10,13H,2-5,11-12H2,1H3,(H,21,22,24). The molecule has 1 N–H and O–H groups in total. The summed E-state index contributed by atoms with van der Waals surface area (Å²) in [6.45, 7) is 3.48. The number of anilines is 3. The van der Waals surface area contributed by atoms with E-state index < -0.39 is 4.92 Å². The zero-order valence-electron chi connectivity index (χ0n) is 15.8. The molecule has 0 atom stereocenters. The van der Waals surface area contributed by atoms with E-state index in [-0.39, 0.29) is 11.5 Å². The first kappa shape index (κ1) is 18.1. The van der Waals surface area contributed by atoms with Crippen LogP contribution in [0, 0.1) is 17.0 Å². The summed E-state index contributed by atoms with van der Waals surface area (Å²) in [6, 6.07) is 9.55. The Morgan fingerprint density at radius 2 is 1.86 bits per heavy atom. The summed E-state index contributed by atoms with van der Waals surface area (Å²) in [4.78, 5) is 26.5. The largest absolute Gasteiger partial charge is 0.353 e. The highest BCUT2D eigenvalue weighted by atomic mass is 16.6. The summed E-state index contributed by atoms with van der Waals surface area (Å²) in [5.74, 6) is 0.589. The topological polar surface area (TPSA) is 97.1 Å². The van der Waals surface area contributed by atoms with Crippen LogP contribution in [0.5, 0.6) is 0 Å². The number of nitro groups is 1. The number of pyridine rings is 1. The zero-order valence-corrected chi connectivity index (χ0v) is 15.8. The van der Waals surface area contributed by atoms with Crippen molar-refractivity contribution in [1.29, 1.82) is 0 Å². The molecule has 0 saturated carbocycles. The third-order valence-electron chi connectivity index (χ3n) is 5.02. The minimum absolute atomic E-state index is 0.0820. The predicted molar refractivity (Wildman–Crippen MR) is 109 cm³/mol. The van der Waals surface area contributed by atoms with Gasteiger partial charge in [-0.2, -0.15) is 0 Å². The number of benzene rings is 1. The monoisotopic (exact) mass is 378 g/mol. The summed E-state index contributed by atoms with van der Waals surface area (Å²) in [5.41, 5.74) is 2.39. The van der Waals surface area contributed by atoms with E-state index in [9.17, 15) is 10.1 Å². The fourth-order valence-corrected chi connectivity index (χ4v) is 3.64. The van der Waals surface area contributed by atoms with E-state index in [2.05, 4.69) is 20.3 Å². The number of nitrogens with zero attached hydrogens (tertiary/aromatic N) is 5. The maximum Gasteiger partial charge on any atom is 0.353 e. The van der Waals surface area contributed by atoms with Crippen LogP contribution < -0.4 is 10.2 Å². The van der Waals surface area contributed by atoms with Crippen molar-refractivity contribution in [2.24, 2.45) is 0 Å². The Balaban J connectivity index is 1.76. The van der Waals surface area contributed by atoms with Gasteiger partial charge >= 0.3 is 5.69 Å². The van der Waals surface area contributed by atoms with E-state index in [0.717, 1.165) is 61.1 Å². The number of aromatic nitrogens is 3. The second kappa shape index (κ2) is 7.75. The van der Waals surface area contributed by atoms with Crippen molar-refractivity contribution >= 4 is 33.9 Å². The Labute approximate surface area is 162 Å². The molecule has 1 aromatic carbocycles. The van der Waals surface area contributed by atoms with Gasteiger partial charge in [0.2, 0.25) is 11.6 Å². The number of fused-ring (bicyclic) bond motifs is 1. The fraction of sp³-hybridized carbons (Fsp3) is 0.350. The van der Waals surface area contributed by atoms with Crippen LogP contribution in [0.1, 0.15) is 31.4 Å². The van der Waals surface area contributed by atoms with E-state index in [0.29, 0.717) is 5.82 Å². The molecule has 8 nitrogen and oxygen atoms in total. The second-order valence-corrected chi connectivity index (χ2v) is 7.00. The molecular weight excluding hydrogens is 356 g/mol. The van der Waals surface area contributed by atoms with E-state index in [4.69, 9.17) is 0 Å². The lowest BCUT2D eigenvalue weighted by molar-refractivity contribution is -0.383. The maximum atomic E-state index is 11.9. The van der Waals surface area contributed by atoms with Crippen molar-refractivity contribution in [2.45, 2.75) is 32.6 Å². The van der Waals surface area contributed by atoms with Gasteiger partial charge in [0.1, 0.15) is 6.33 Å². The summed E-state index contributed by atoms with van der Waals surface area (Å²) >= 11 is 0. The molecule has 3 heterocycles. The van der Waals surface area contributed by atoms with Crippen LogP contribution in [0.4, 0.5) is 23.0 Å². The van der Waals surface area contributed by atoms with Gasteiger partial charge in [-0.15, -0.1) is 0 Å². The lowest BCUT2D eigenvalue weighted by Gasteiger charge is -2.21. The molecule has 0 radical (unpaired) electrons. The van der Waals surface area contributed by atoms with Gasteiger partial charge in [0, 0.05) is 29.9 Å². The van der Waals surface area contributed by atoms with Gasteiger partial charge in [-0.1, -0.05) is 18.9 Å². The molecule has 0 amide bonds. The fourth-order valence-electron chi connectivity index (χ4n) is 3.64. The molecule has 0 aliphatic carbocycles. The van der Waals surface area contributed by atoms with E-state index in [1.165, 1.54) is 6.33 Å². The number of hydrogen-bond acceptors (Lipinski definition) is 7. The summed E-state index contributed by atoms with van der Waals surface area (Å²) in [6.07, 6.45) is 5.70. The normalized spacial score (nSPS) is 14.7. The molecule has 8 heteroatoms. The van der Waals surface area contributed by atoms with E-state index >= 15 is 0 Å². The highest BCUT2D eigenvalue weighted by molar-refractivity contribution is 5.94. The average molecular weight is 378 g/mol. The van der Waals surface area contributed by atoms with Crippen LogP contribution in [0.15, 0.2) is 36.7 Å². The van der Waals surface area contributed by atoms with Gasteiger partial charge in [-0.05, 0) is 44.0 Å². The third-order valence-corrected chi connectivity index (χ3v) is 5.02. The van der Waals surface area contributed by atoms with Gasteiger partial charge in [-0.3, -0.25) is 15.1 Å². The minimum Gasteiger partial charge on any atom is -0.351 e. The molecule has 0 spiro atoms. The average Bonchev–Trinajstić information content (AvgIpc) is 2.97. The molecule has 4 rings (SSSR count). The van der Waals surface area contributed by atoms with Crippen LogP contribution in [0.3, 0.4) is 0 Å². The van der Waals surface area contributed by atoms with Crippen molar-refractivity contribution in [2.75, 3.05) is 23.3 Å². The quantitative estimate of drug-likeness (QED) is 0.532. The van der Waals surface area contributed by atoms with Crippen LogP contribution >= 0.6 is 0 Å². The lowest BCUT2D eigenvalue weighted by atomic mass is 10.1. The highest BCUT2D eigenvalue weighted by Crippen LogP contribution is 2.35. The van der Waals surface area contributed by atoms with Gasteiger partial charge in [0.15, 0.2) is 0 Å². The number of rotatable bonds is 4. The summed E-state index contributed by atoms with van der Waals surface area (Å²) in [5, 5.41) is 16.0. The molecule has 1 saturated heterocycles. The van der Waals surface area contributed by atoms with E-state index in [1.807, 2.05) is 42.2 Å². The molecule has 1 aliphatic heterocycles. The Morgan fingerprint density at radius 1 is 1.07 bits per heavy atom. The van der Waals surface area contributed by atoms with Crippen molar-refractivity contribution < 1.29 is 4.92 Å². The summed E-state index contributed by atoms with van der Waals surface area (Å²) < 4.78 is 0. The Morgan fingerprint density at radius 3 is 2.61 bits per heavy atom. The van der Waals surface area contributed by atoms with Gasteiger partial charge in [0.25, 0.3) is 0 Å². The summed E-state index contributed by atoms with van der Waals surface area (Å²) in [7, 11) is 0. The van der Waals surface area contributed by atoms with Crippen LogP contribution in [-0.2, 0) is 0 Å². The smallest absolute Gasteiger partial charge is 0.351 e. The first-order valence-corrected chi connectivity index (χ1v) is 9.51. The van der Waals surface area contributed by atoms with Gasteiger partial charge in [-0.25, -0.2) is 9.97 Å². The minimum atomic E-state index is -0.393. The number of hydrogen-bond donors (Lipinski definition) is 1. The molecule has 0 bridgehead atoms. The van der Waals surface area contributed by atoms with Gasteiger partial charge in [0.05, 0.1) is 10.4 Å². The highest BCUT2D eigenvalue weighted by Gasteiger charge is 2.27. The second-order valence-electron chi connectivity index (χ2n) is 7.00. The van der Waals surface area contributed by atoms with Crippen molar-refractivity contribution in [3.63, 3.8) is 0 Å². The van der Waals surface area contributed by atoms with Crippen LogP contribution in [0.25, 0.3) is 10.9 Å². The van der Waals surface area contributed by atoms with E-state index in [1.54, 1.807) is 0 Å². The van der Waals surface area contributed by atoms with Crippen LogP contribution in [0.2, 0.25) is 0 Å². The molecule has 144 valence electrons. The predicted octanol–water partition coefficient (Wildman–Crippen LogP) is 4.37. The molecule has 28 heavy (non-hydrogen) atoms. The Hall–Kier alpha value is -3.29. The van der Waals surface area contributed by atoms with Crippen molar-refractivity contribution in [1.82, 2.24) is 15.0 Å². The lowest BCUT2D eigenvalue weighted by Crippen LogP contribution is -2.26.